The van der Waals surface area contributed by atoms with Crippen molar-refractivity contribution in [3.63, 3.8) is 0 Å². The van der Waals surface area contributed by atoms with E-state index in [0.717, 1.165) is 25.7 Å². The topological polar surface area (TPSA) is 18.5 Å². The van der Waals surface area contributed by atoms with E-state index in [1.165, 1.54) is 0 Å². The van der Waals surface area contributed by atoms with Crippen LogP contribution in [0.1, 0.15) is 74.1 Å². The molecule has 2 rings (SSSR count). The highest BCUT2D eigenvalue weighted by Gasteiger charge is 2.44. The zero-order chi connectivity index (χ0) is 21.8. The maximum Gasteiger partial charge on any atom is 0.146 e. The second-order valence-corrected chi connectivity index (χ2v) is 17.6. The molecule has 0 aliphatic carbocycles. The number of allylic oxidation sites excluding steroid dienone is 1. The second-order valence-electron chi connectivity index (χ2n) is 9.64. The van der Waals surface area contributed by atoms with Crippen molar-refractivity contribution in [2.45, 2.75) is 125 Å². The molecule has 2 bridgehead atoms. The molecule has 2 aliphatic heterocycles. The number of fused-ring (bicyclic) bond motifs is 2. The summed E-state index contributed by atoms with van der Waals surface area (Å²) in [6, 6.07) is 0. The highest BCUT2D eigenvalue weighted by atomic mass is 79.9. The Balaban J connectivity index is 2.09. The summed E-state index contributed by atoms with van der Waals surface area (Å²) in [4.78, 5) is 0.822. The number of ether oxygens (including phenoxy) is 2. The lowest BCUT2D eigenvalue weighted by Crippen LogP contribution is -2.43. The van der Waals surface area contributed by atoms with E-state index in [1.807, 2.05) is 0 Å². The molecule has 0 amide bonds. The summed E-state index contributed by atoms with van der Waals surface area (Å²) in [5.41, 5.74) is 5.77. The van der Waals surface area contributed by atoms with Gasteiger partial charge in [0.1, 0.15) is 8.07 Å². The van der Waals surface area contributed by atoms with Crippen molar-refractivity contribution < 1.29 is 9.47 Å². The number of hydrogen-bond acceptors (Lipinski definition) is 2. The molecule has 166 valence electrons. The first-order chi connectivity index (χ1) is 13.6. The molecule has 2 heterocycles. The van der Waals surface area contributed by atoms with E-state index < -0.39 is 8.07 Å². The van der Waals surface area contributed by atoms with Gasteiger partial charge in [0, 0.05) is 16.1 Å². The summed E-state index contributed by atoms with van der Waals surface area (Å²) in [6.45, 7) is 16.4. The SMILES string of the molecule is CC[C@H](Br)[C@H]1C[C@@H]2O[C@@H](C[C@@H]2Br)[C@H](C/C=C\C#C[Si](C(C)C)(C(C)C)C(C)C)O1. The monoisotopic (exact) mass is 546 g/mol. The molecule has 29 heavy (non-hydrogen) atoms. The van der Waals surface area contributed by atoms with Crippen LogP contribution < -0.4 is 0 Å². The lowest BCUT2D eigenvalue weighted by atomic mass is 9.99. The fourth-order valence-electron chi connectivity index (χ4n) is 5.34. The van der Waals surface area contributed by atoms with Crippen molar-refractivity contribution in [1.82, 2.24) is 0 Å². The van der Waals surface area contributed by atoms with Crippen molar-refractivity contribution in [3.8, 4) is 11.5 Å². The van der Waals surface area contributed by atoms with Crippen LogP contribution in [-0.2, 0) is 9.47 Å². The zero-order valence-electron chi connectivity index (χ0n) is 19.3. The van der Waals surface area contributed by atoms with Crippen LogP contribution in [-0.4, -0.2) is 42.1 Å². The van der Waals surface area contributed by atoms with Gasteiger partial charge in [0.2, 0.25) is 0 Å². The molecule has 5 heteroatoms. The Hall–Kier alpha value is 0.397. The first-order valence-electron chi connectivity index (χ1n) is 11.4. The molecular weight excluding hydrogens is 508 g/mol. The highest BCUT2D eigenvalue weighted by Crippen LogP contribution is 2.41. The predicted octanol–water partition coefficient (Wildman–Crippen LogP) is 7.41. The van der Waals surface area contributed by atoms with Gasteiger partial charge in [-0.3, -0.25) is 0 Å². The van der Waals surface area contributed by atoms with E-state index >= 15 is 0 Å². The normalized spacial score (nSPS) is 31.4. The molecular formula is C24H40Br2O2Si. The quantitative estimate of drug-likeness (QED) is 0.188. The van der Waals surface area contributed by atoms with Gasteiger partial charge in [-0.1, -0.05) is 92.3 Å². The number of halogens is 2. The Morgan fingerprint density at radius 1 is 1.00 bits per heavy atom. The zero-order valence-corrected chi connectivity index (χ0v) is 23.4. The Morgan fingerprint density at radius 2 is 1.62 bits per heavy atom. The summed E-state index contributed by atoms with van der Waals surface area (Å²) in [7, 11) is -1.66. The first-order valence-corrected chi connectivity index (χ1v) is 15.5. The van der Waals surface area contributed by atoms with Crippen molar-refractivity contribution in [1.29, 1.82) is 0 Å². The molecule has 0 aromatic rings. The molecule has 6 atom stereocenters. The fourth-order valence-corrected chi connectivity index (χ4v) is 11.6. The molecule has 0 saturated carbocycles. The van der Waals surface area contributed by atoms with Gasteiger partial charge in [0.25, 0.3) is 0 Å². The Morgan fingerprint density at radius 3 is 2.17 bits per heavy atom. The molecule has 2 fully saturated rings. The number of hydrogen-bond donors (Lipinski definition) is 0. The largest absolute Gasteiger partial charge is 0.371 e. The number of alkyl halides is 2. The van der Waals surface area contributed by atoms with Crippen LogP contribution in [0.2, 0.25) is 16.6 Å². The van der Waals surface area contributed by atoms with Crippen molar-refractivity contribution >= 4 is 39.9 Å². The van der Waals surface area contributed by atoms with Crippen molar-refractivity contribution in [2.75, 3.05) is 0 Å². The minimum atomic E-state index is -1.66. The van der Waals surface area contributed by atoms with E-state index in [2.05, 4.69) is 104 Å². The second kappa shape index (κ2) is 11.3. The lowest BCUT2D eigenvalue weighted by molar-refractivity contribution is -0.0523. The van der Waals surface area contributed by atoms with Gasteiger partial charge in [-0.15, -0.1) is 5.54 Å². The van der Waals surface area contributed by atoms with Gasteiger partial charge >= 0.3 is 0 Å². The summed E-state index contributed by atoms with van der Waals surface area (Å²) >= 11 is 7.65. The minimum absolute atomic E-state index is 0.111. The van der Waals surface area contributed by atoms with Crippen LogP contribution >= 0.6 is 31.9 Å². The molecule has 0 spiro atoms. The first kappa shape index (κ1) is 25.7. The molecule has 2 nitrogen and oxygen atoms in total. The molecule has 2 saturated heterocycles. The Bertz CT molecular complexity index is 586. The van der Waals surface area contributed by atoms with Gasteiger partial charge in [-0.05, 0) is 42.0 Å². The standard InChI is InChI=1S/C24H40Br2O2Si/c1-8-19(25)22-15-23-20(26)14-24(28-23)21(27-22)12-10-9-11-13-29(16(2)3,17(4)5)18(6)7/h9-10,16-24H,8,12,14-15H2,1-7H3/b10-9-/t19-,20-,21-,22+,23-,24-/m0/s1. The Labute approximate surface area is 197 Å². The van der Waals surface area contributed by atoms with Gasteiger partial charge in [0.05, 0.1) is 24.4 Å². The van der Waals surface area contributed by atoms with Crippen LogP contribution in [0.4, 0.5) is 0 Å². The van der Waals surface area contributed by atoms with Gasteiger partial charge in [-0.25, -0.2) is 0 Å². The van der Waals surface area contributed by atoms with Gasteiger partial charge in [-0.2, -0.15) is 0 Å². The van der Waals surface area contributed by atoms with Crippen molar-refractivity contribution in [2.24, 2.45) is 0 Å². The smallest absolute Gasteiger partial charge is 0.146 e. The van der Waals surface area contributed by atoms with E-state index in [0.29, 0.717) is 26.3 Å². The third-order valence-electron chi connectivity index (χ3n) is 6.96. The van der Waals surface area contributed by atoms with Gasteiger partial charge in [0.15, 0.2) is 0 Å². The van der Waals surface area contributed by atoms with Crippen LogP contribution in [0.25, 0.3) is 0 Å². The van der Waals surface area contributed by atoms with Crippen molar-refractivity contribution in [3.05, 3.63) is 12.2 Å². The molecule has 0 N–H and O–H groups in total. The van der Waals surface area contributed by atoms with E-state index in [-0.39, 0.29) is 24.4 Å². The molecule has 0 aromatic carbocycles. The third kappa shape index (κ3) is 6.01. The van der Waals surface area contributed by atoms with Crippen LogP contribution in [0, 0.1) is 11.5 Å². The highest BCUT2D eigenvalue weighted by molar-refractivity contribution is 9.09. The molecule has 0 unspecified atom stereocenters. The maximum absolute atomic E-state index is 6.53. The molecule has 0 radical (unpaired) electrons. The van der Waals surface area contributed by atoms with E-state index in [4.69, 9.17) is 9.47 Å². The predicted molar refractivity (Wildman–Crippen MR) is 135 cm³/mol. The lowest BCUT2D eigenvalue weighted by Gasteiger charge is -2.38. The van der Waals surface area contributed by atoms with Gasteiger partial charge < -0.3 is 9.47 Å². The average molecular weight is 548 g/mol. The van der Waals surface area contributed by atoms with Crippen LogP contribution in [0.15, 0.2) is 12.2 Å². The molecule has 0 aromatic heterocycles. The minimum Gasteiger partial charge on any atom is -0.371 e. The maximum atomic E-state index is 6.53. The average Bonchev–Trinajstić information content (AvgIpc) is 2.90. The Kier molecular flexibility index (Phi) is 10.0. The van der Waals surface area contributed by atoms with E-state index in [9.17, 15) is 0 Å². The molecule has 2 aliphatic rings. The van der Waals surface area contributed by atoms with E-state index in [1.54, 1.807) is 0 Å². The van der Waals surface area contributed by atoms with Crippen LogP contribution in [0.5, 0.6) is 0 Å². The number of rotatable bonds is 7. The third-order valence-corrected chi connectivity index (χ3v) is 15.5. The van der Waals surface area contributed by atoms with Crippen LogP contribution in [0.3, 0.4) is 0 Å². The fraction of sp³-hybridized carbons (Fsp3) is 0.833. The summed E-state index contributed by atoms with van der Waals surface area (Å²) in [5, 5.41) is 0. The summed E-state index contributed by atoms with van der Waals surface area (Å²) in [6.07, 6.45) is 8.96. The summed E-state index contributed by atoms with van der Waals surface area (Å²) < 4.78 is 12.8. The summed E-state index contributed by atoms with van der Waals surface area (Å²) in [5.74, 6) is 3.44.